The molecule has 1 aromatic carbocycles. The number of sulfone groups is 1. The summed E-state index contributed by atoms with van der Waals surface area (Å²) in [6.45, 7) is 0. The van der Waals surface area contributed by atoms with Gasteiger partial charge in [-0.15, -0.1) is 11.8 Å². The van der Waals surface area contributed by atoms with Crippen LogP contribution in [0.2, 0.25) is 0 Å². The van der Waals surface area contributed by atoms with Gasteiger partial charge in [-0.1, -0.05) is 6.07 Å². The molecule has 25 heavy (non-hydrogen) atoms. The number of H-pyrrole nitrogens is 1. The Labute approximate surface area is 149 Å². The fourth-order valence-electron chi connectivity index (χ4n) is 3.28. The Morgan fingerprint density at radius 3 is 2.88 bits per heavy atom. The van der Waals surface area contributed by atoms with E-state index in [1.54, 1.807) is 24.2 Å². The lowest BCUT2D eigenvalue weighted by Crippen LogP contribution is -2.16. The molecule has 3 aromatic rings. The van der Waals surface area contributed by atoms with Crippen molar-refractivity contribution in [3.63, 3.8) is 0 Å². The molecule has 130 valence electrons. The molecule has 6 nitrogen and oxygen atoms in total. The molecule has 0 amide bonds. The van der Waals surface area contributed by atoms with Gasteiger partial charge in [0.2, 0.25) is 0 Å². The molecule has 1 unspecified atom stereocenters. The molecule has 3 heterocycles. The first-order chi connectivity index (χ1) is 12.0. The van der Waals surface area contributed by atoms with E-state index in [2.05, 4.69) is 9.97 Å². The van der Waals surface area contributed by atoms with Gasteiger partial charge in [-0.3, -0.25) is 4.79 Å². The minimum atomic E-state index is -3.01. The number of imidazole rings is 1. The quantitative estimate of drug-likeness (QED) is 0.711. The van der Waals surface area contributed by atoms with Gasteiger partial charge in [0.05, 0.1) is 23.1 Å². The van der Waals surface area contributed by atoms with Gasteiger partial charge in [-0.2, -0.15) is 0 Å². The highest BCUT2D eigenvalue weighted by Gasteiger charge is 2.30. The van der Waals surface area contributed by atoms with Crippen molar-refractivity contribution in [2.45, 2.75) is 17.4 Å². The lowest BCUT2D eigenvalue weighted by atomic mass is 10.1. The first kappa shape index (κ1) is 16.4. The summed E-state index contributed by atoms with van der Waals surface area (Å²) in [6, 6.07) is 7.57. The van der Waals surface area contributed by atoms with Gasteiger partial charge in [0.25, 0.3) is 5.56 Å². The minimum Gasteiger partial charge on any atom is -0.327 e. The smallest absolute Gasteiger partial charge is 0.259 e. The molecular weight excluding hydrogens is 358 g/mol. The van der Waals surface area contributed by atoms with Gasteiger partial charge in [0.1, 0.15) is 5.82 Å². The molecule has 0 saturated carbocycles. The maximum absolute atomic E-state index is 12.6. The number of nitrogens with zero attached hydrogens (tertiary/aromatic N) is 2. The van der Waals surface area contributed by atoms with Crippen molar-refractivity contribution >= 4 is 32.5 Å². The molecule has 1 saturated heterocycles. The Balaban J connectivity index is 1.82. The van der Waals surface area contributed by atoms with E-state index in [9.17, 15) is 13.2 Å². The van der Waals surface area contributed by atoms with E-state index in [0.717, 1.165) is 15.8 Å². The third-order valence-electron chi connectivity index (χ3n) is 4.56. The Hall–Kier alpha value is -2.06. The highest BCUT2D eigenvalue weighted by Crippen LogP contribution is 2.29. The zero-order valence-corrected chi connectivity index (χ0v) is 15.2. The van der Waals surface area contributed by atoms with Crippen LogP contribution in [0, 0.1) is 0 Å². The van der Waals surface area contributed by atoms with E-state index >= 15 is 0 Å². The highest BCUT2D eigenvalue weighted by atomic mass is 32.2. The summed E-state index contributed by atoms with van der Waals surface area (Å²) >= 11 is 1.62. The Bertz CT molecular complexity index is 1120. The van der Waals surface area contributed by atoms with Gasteiger partial charge in [0.15, 0.2) is 9.84 Å². The average molecular weight is 375 g/mol. The molecule has 0 bridgehead atoms. The van der Waals surface area contributed by atoms with Gasteiger partial charge in [-0.25, -0.2) is 13.4 Å². The summed E-state index contributed by atoms with van der Waals surface area (Å²) in [5, 5.41) is 0.918. The van der Waals surface area contributed by atoms with Gasteiger partial charge in [-0.05, 0) is 36.3 Å². The first-order valence-electron chi connectivity index (χ1n) is 7.91. The second kappa shape index (κ2) is 6.03. The van der Waals surface area contributed by atoms with E-state index in [0.29, 0.717) is 17.8 Å². The molecule has 1 aliphatic heterocycles. The number of rotatable bonds is 3. The number of nitrogens with one attached hydrogen (secondary N) is 1. The van der Waals surface area contributed by atoms with E-state index < -0.39 is 9.84 Å². The van der Waals surface area contributed by atoms with Crippen molar-refractivity contribution in [1.82, 2.24) is 14.5 Å². The molecule has 0 aliphatic carbocycles. The van der Waals surface area contributed by atoms with Crippen molar-refractivity contribution in [2.75, 3.05) is 17.8 Å². The van der Waals surface area contributed by atoms with Crippen LogP contribution in [0.5, 0.6) is 0 Å². The van der Waals surface area contributed by atoms with Crippen LogP contribution in [0.3, 0.4) is 0 Å². The summed E-state index contributed by atoms with van der Waals surface area (Å²) in [7, 11) is -3.01. The van der Waals surface area contributed by atoms with Crippen LogP contribution < -0.4 is 5.56 Å². The van der Waals surface area contributed by atoms with Crippen molar-refractivity contribution in [1.29, 1.82) is 0 Å². The number of thioether (sulfide) groups is 1. The molecule has 0 spiro atoms. The predicted octanol–water partition coefficient (Wildman–Crippen LogP) is 2.47. The minimum absolute atomic E-state index is 0.0962. The molecule has 1 fully saturated rings. The highest BCUT2D eigenvalue weighted by molar-refractivity contribution is 7.98. The second-order valence-electron chi connectivity index (χ2n) is 6.18. The van der Waals surface area contributed by atoms with Gasteiger partial charge >= 0.3 is 0 Å². The Morgan fingerprint density at radius 1 is 1.32 bits per heavy atom. The summed E-state index contributed by atoms with van der Waals surface area (Å²) in [5.41, 5.74) is 1.01. The molecule has 2 aromatic heterocycles. The Morgan fingerprint density at radius 2 is 2.16 bits per heavy atom. The average Bonchev–Trinajstić information content (AvgIpc) is 3.19. The standard InChI is InChI=1S/C17H17N3O3S2/c1-24-13-3-2-11-8-14(17(21)19-15(11)9-13)16-18-5-6-20(16)12-4-7-25(22,23)10-12/h2-3,5-6,8-9,12H,4,7,10H2,1H3,(H,19,21). The van der Waals surface area contributed by atoms with Crippen LogP contribution in [0.1, 0.15) is 12.5 Å². The fourth-order valence-corrected chi connectivity index (χ4v) is 5.44. The van der Waals surface area contributed by atoms with Crippen molar-refractivity contribution < 1.29 is 8.42 Å². The first-order valence-corrected chi connectivity index (χ1v) is 11.0. The summed E-state index contributed by atoms with van der Waals surface area (Å²) < 4.78 is 25.4. The van der Waals surface area contributed by atoms with Crippen LogP contribution in [0.15, 0.2) is 46.3 Å². The van der Waals surface area contributed by atoms with E-state index in [1.165, 1.54) is 0 Å². The summed E-state index contributed by atoms with van der Waals surface area (Å²) in [4.78, 5) is 20.9. The molecular formula is C17H17N3O3S2. The number of aromatic amines is 1. The second-order valence-corrected chi connectivity index (χ2v) is 9.29. The predicted molar refractivity (Wildman–Crippen MR) is 99.9 cm³/mol. The van der Waals surface area contributed by atoms with Crippen LogP contribution in [-0.2, 0) is 9.84 Å². The number of hydrogen-bond acceptors (Lipinski definition) is 5. The third-order valence-corrected chi connectivity index (χ3v) is 7.04. The Kier molecular flexibility index (Phi) is 3.96. The lowest BCUT2D eigenvalue weighted by Gasteiger charge is -2.14. The van der Waals surface area contributed by atoms with Gasteiger partial charge in [0, 0.05) is 22.8 Å². The molecule has 1 aliphatic rings. The van der Waals surface area contributed by atoms with Gasteiger partial charge < -0.3 is 9.55 Å². The number of benzene rings is 1. The van der Waals surface area contributed by atoms with Crippen LogP contribution in [-0.4, -0.2) is 40.7 Å². The van der Waals surface area contributed by atoms with Crippen molar-refractivity contribution in [3.8, 4) is 11.4 Å². The van der Waals surface area contributed by atoms with E-state index in [1.807, 2.05) is 35.1 Å². The number of fused-ring (bicyclic) bond motifs is 1. The third kappa shape index (κ3) is 3.00. The normalized spacial score (nSPS) is 19.5. The molecule has 1 N–H and O–H groups in total. The van der Waals surface area contributed by atoms with Crippen LogP contribution >= 0.6 is 11.8 Å². The molecule has 8 heteroatoms. The molecule has 1 atom stereocenters. The number of pyridine rings is 1. The SMILES string of the molecule is CSc1ccc2cc(-c3nccn3C3CCS(=O)(=O)C3)c(=O)[nH]c2c1. The summed E-state index contributed by atoms with van der Waals surface area (Å²) in [6.07, 6.45) is 5.90. The van der Waals surface area contributed by atoms with Crippen molar-refractivity contribution in [3.05, 3.63) is 47.0 Å². The fraction of sp³-hybridized carbons (Fsp3) is 0.294. The molecule has 0 radical (unpaired) electrons. The zero-order valence-electron chi connectivity index (χ0n) is 13.6. The van der Waals surface area contributed by atoms with Crippen LogP contribution in [0.4, 0.5) is 0 Å². The van der Waals surface area contributed by atoms with Crippen molar-refractivity contribution in [2.24, 2.45) is 0 Å². The van der Waals surface area contributed by atoms with E-state index in [4.69, 9.17) is 0 Å². The number of aromatic nitrogens is 3. The number of hydrogen-bond donors (Lipinski definition) is 1. The van der Waals surface area contributed by atoms with E-state index in [-0.39, 0.29) is 23.1 Å². The zero-order chi connectivity index (χ0) is 17.6. The summed E-state index contributed by atoms with van der Waals surface area (Å²) in [5.74, 6) is 0.791. The maximum atomic E-state index is 12.6. The largest absolute Gasteiger partial charge is 0.327 e. The monoisotopic (exact) mass is 375 g/mol. The maximum Gasteiger partial charge on any atom is 0.259 e. The van der Waals surface area contributed by atoms with Crippen LogP contribution in [0.25, 0.3) is 22.3 Å². The topological polar surface area (TPSA) is 84.8 Å². The molecule has 4 rings (SSSR count). The lowest BCUT2D eigenvalue weighted by molar-refractivity contribution is 0.560.